The van der Waals surface area contributed by atoms with Crippen LogP contribution in [0.3, 0.4) is 0 Å². The molecule has 1 aromatic heterocycles. The molecule has 0 radical (unpaired) electrons. The summed E-state index contributed by atoms with van der Waals surface area (Å²) in [4.78, 5) is 18.1. The Labute approximate surface area is 114 Å². The molecule has 0 saturated carbocycles. The van der Waals surface area contributed by atoms with E-state index in [1.54, 1.807) is 13.0 Å². The molecule has 0 aliphatic carbocycles. The molecule has 20 heavy (non-hydrogen) atoms. The standard InChI is InChI=1S/C12H12FN5O2/c1-7-3-8(13)5-9(4-7)17-12-10(18(19)20)11(14-2)15-6-16-12/h3-6H,1-2H3,(H2,14,15,16,17). The van der Waals surface area contributed by atoms with Crippen molar-refractivity contribution in [2.45, 2.75) is 6.92 Å². The van der Waals surface area contributed by atoms with Crippen molar-refractivity contribution in [2.24, 2.45) is 0 Å². The number of hydrogen-bond acceptors (Lipinski definition) is 6. The van der Waals surface area contributed by atoms with E-state index >= 15 is 0 Å². The van der Waals surface area contributed by atoms with E-state index in [1.165, 1.54) is 25.5 Å². The third-order valence-corrected chi connectivity index (χ3v) is 2.55. The van der Waals surface area contributed by atoms with Crippen molar-refractivity contribution < 1.29 is 9.31 Å². The molecule has 0 unspecified atom stereocenters. The fraction of sp³-hybridized carbons (Fsp3) is 0.167. The first-order valence-electron chi connectivity index (χ1n) is 5.72. The van der Waals surface area contributed by atoms with Gasteiger partial charge >= 0.3 is 5.69 Å². The summed E-state index contributed by atoms with van der Waals surface area (Å²) in [5, 5.41) is 16.5. The molecule has 2 rings (SSSR count). The van der Waals surface area contributed by atoms with Crippen molar-refractivity contribution in [1.82, 2.24) is 9.97 Å². The Bertz CT molecular complexity index is 642. The van der Waals surface area contributed by atoms with Gasteiger partial charge in [-0.1, -0.05) is 0 Å². The van der Waals surface area contributed by atoms with Crippen molar-refractivity contribution in [3.8, 4) is 0 Å². The summed E-state index contributed by atoms with van der Waals surface area (Å²) >= 11 is 0. The molecule has 2 aromatic rings. The maximum atomic E-state index is 13.3. The van der Waals surface area contributed by atoms with Crippen molar-refractivity contribution in [3.05, 3.63) is 46.0 Å². The Morgan fingerprint density at radius 3 is 2.55 bits per heavy atom. The molecule has 1 heterocycles. The van der Waals surface area contributed by atoms with Gasteiger partial charge in [0.1, 0.15) is 12.1 Å². The number of benzene rings is 1. The van der Waals surface area contributed by atoms with Crippen LogP contribution in [-0.4, -0.2) is 21.9 Å². The second kappa shape index (κ2) is 5.47. The highest BCUT2D eigenvalue weighted by Crippen LogP contribution is 2.31. The van der Waals surface area contributed by atoms with Gasteiger partial charge in [0.2, 0.25) is 11.6 Å². The van der Waals surface area contributed by atoms with Gasteiger partial charge in [0.15, 0.2) is 0 Å². The van der Waals surface area contributed by atoms with Crippen LogP contribution in [0.4, 0.5) is 27.4 Å². The maximum Gasteiger partial charge on any atom is 0.353 e. The van der Waals surface area contributed by atoms with E-state index in [1.807, 2.05) is 0 Å². The smallest absolute Gasteiger partial charge is 0.353 e. The largest absolute Gasteiger partial charge is 0.367 e. The molecular formula is C12H12FN5O2. The van der Waals surface area contributed by atoms with Crippen molar-refractivity contribution in [3.63, 3.8) is 0 Å². The van der Waals surface area contributed by atoms with Gasteiger partial charge in [0.05, 0.1) is 4.92 Å². The van der Waals surface area contributed by atoms with E-state index in [4.69, 9.17) is 0 Å². The monoisotopic (exact) mass is 277 g/mol. The van der Waals surface area contributed by atoms with Gasteiger partial charge in [-0.15, -0.1) is 0 Å². The zero-order valence-corrected chi connectivity index (χ0v) is 10.8. The van der Waals surface area contributed by atoms with Crippen LogP contribution >= 0.6 is 0 Å². The molecule has 0 aliphatic heterocycles. The normalized spacial score (nSPS) is 10.2. The van der Waals surface area contributed by atoms with Gasteiger partial charge in [-0.2, -0.15) is 0 Å². The van der Waals surface area contributed by atoms with Gasteiger partial charge < -0.3 is 10.6 Å². The Kier molecular flexibility index (Phi) is 3.74. The molecule has 0 aliphatic rings. The van der Waals surface area contributed by atoms with Crippen molar-refractivity contribution >= 4 is 23.0 Å². The van der Waals surface area contributed by atoms with Gasteiger partial charge in [-0.25, -0.2) is 14.4 Å². The molecule has 0 amide bonds. The Morgan fingerprint density at radius 1 is 1.25 bits per heavy atom. The highest BCUT2D eigenvalue weighted by molar-refractivity contribution is 5.73. The zero-order chi connectivity index (χ0) is 14.7. The first-order valence-corrected chi connectivity index (χ1v) is 5.72. The number of hydrogen-bond donors (Lipinski definition) is 2. The minimum atomic E-state index is -0.597. The van der Waals surface area contributed by atoms with Gasteiger partial charge in [-0.05, 0) is 30.7 Å². The molecule has 8 heteroatoms. The summed E-state index contributed by atoms with van der Waals surface area (Å²) < 4.78 is 13.3. The third kappa shape index (κ3) is 2.79. The summed E-state index contributed by atoms with van der Waals surface area (Å²) in [5.41, 5.74) is 0.779. The van der Waals surface area contributed by atoms with E-state index in [9.17, 15) is 14.5 Å². The number of aryl methyl sites for hydroxylation is 1. The third-order valence-electron chi connectivity index (χ3n) is 2.55. The van der Waals surface area contributed by atoms with Crippen LogP contribution in [0.5, 0.6) is 0 Å². The fourth-order valence-electron chi connectivity index (χ4n) is 1.77. The Morgan fingerprint density at radius 2 is 1.95 bits per heavy atom. The summed E-state index contributed by atoms with van der Waals surface area (Å²) in [6.07, 6.45) is 1.19. The van der Waals surface area contributed by atoms with Crippen LogP contribution in [-0.2, 0) is 0 Å². The Hall–Kier alpha value is -2.77. The number of nitrogens with zero attached hydrogens (tertiary/aromatic N) is 3. The second-order valence-corrected chi connectivity index (χ2v) is 4.07. The predicted molar refractivity (Wildman–Crippen MR) is 72.7 cm³/mol. The lowest BCUT2D eigenvalue weighted by molar-refractivity contribution is -0.383. The molecule has 0 fully saturated rings. The highest BCUT2D eigenvalue weighted by atomic mass is 19.1. The molecular weight excluding hydrogens is 265 g/mol. The number of anilines is 3. The minimum absolute atomic E-state index is 0.000602. The summed E-state index contributed by atoms with van der Waals surface area (Å²) in [5.74, 6) is -0.349. The van der Waals surface area contributed by atoms with E-state index in [2.05, 4.69) is 20.6 Å². The van der Waals surface area contributed by atoms with Gasteiger partial charge in [0.25, 0.3) is 0 Å². The average Bonchev–Trinajstić information content (AvgIpc) is 2.36. The van der Waals surface area contributed by atoms with Crippen LogP contribution in [0.15, 0.2) is 24.5 Å². The van der Waals surface area contributed by atoms with Crippen molar-refractivity contribution in [2.75, 3.05) is 17.7 Å². The second-order valence-electron chi connectivity index (χ2n) is 4.07. The molecule has 104 valence electrons. The SMILES string of the molecule is CNc1ncnc(Nc2cc(C)cc(F)c2)c1[N+](=O)[O-]. The molecule has 7 nitrogen and oxygen atoms in total. The lowest BCUT2D eigenvalue weighted by atomic mass is 10.2. The summed E-state index contributed by atoms with van der Waals surface area (Å²) in [7, 11) is 1.52. The number of aromatic nitrogens is 2. The molecule has 0 atom stereocenters. The van der Waals surface area contributed by atoms with Gasteiger partial charge in [0, 0.05) is 12.7 Å². The first kappa shape index (κ1) is 13.7. The number of halogens is 1. The van der Waals surface area contributed by atoms with E-state index in [0.29, 0.717) is 11.3 Å². The summed E-state index contributed by atoms with van der Waals surface area (Å²) in [6.45, 7) is 1.72. The lowest BCUT2D eigenvalue weighted by Gasteiger charge is -2.09. The van der Waals surface area contributed by atoms with Crippen LogP contribution in [0.1, 0.15) is 5.56 Å². The summed E-state index contributed by atoms with van der Waals surface area (Å²) in [6, 6.07) is 4.25. The molecule has 2 N–H and O–H groups in total. The Balaban J connectivity index is 2.45. The average molecular weight is 277 g/mol. The fourth-order valence-corrected chi connectivity index (χ4v) is 1.77. The number of nitrogens with one attached hydrogen (secondary N) is 2. The number of nitro groups is 1. The molecule has 0 bridgehead atoms. The van der Waals surface area contributed by atoms with Crippen molar-refractivity contribution in [1.29, 1.82) is 0 Å². The lowest BCUT2D eigenvalue weighted by Crippen LogP contribution is -2.05. The zero-order valence-electron chi connectivity index (χ0n) is 10.8. The highest BCUT2D eigenvalue weighted by Gasteiger charge is 2.22. The van der Waals surface area contributed by atoms with Gasteiger partial charge in [-0.3, -0.25) is 10.1 Å². The van der Waals surface area contributed by atoms with Crippen LogP contribution in [0, 0.1) is 22.9 Å². The molecule has 1 aromatic carbocycles. The minimum Gasteiger partial charge on any atom is -0.367 e. The number of rotatable bonds is 4. The first-order chi connectivity index (χ1) is 9.51. The quantitative estimate of drug-likeness (QED) is 0.659. The topological polar surface area (TPSA) is 93.0 Å². The predicted octanol–water partition coefficient (Wildman–Crippen LogP) is 2.62. The van der Waals surface area contributed by atoms with E-state index < -0.39 is 10.7 Å². The van der Waals surface area contributed by atoms with Crippen LogP contribution in [0.25, 0.3) is 0 Å². The maximum absolute atomic E-state index is 13.3. The van der Waals surface area contributed by atoms with Crippen LogP contribution < -0.4 is 10.6 Å². The molecule has 0 saturated heterocycles. The van der Waals surface area contributed by atoms with E-state index in [-0.39, 0.29) is 17.3 Å². The van der Waals surface area contributed by atoms with E-state index in [0.717, 1.165) is 0 Å². The molecule has 0 spiro atoms. The van der Waals surface area contributed by atoms with Crippen LogP contribution in [0.2, 0.25) is 0 Å².